The minimum atomic E-state index is 0.324. The van der Waals surface area contributed by atoms with Gasteiger partial charge in [0.2, 0.25) is 0 Å². The van der Waals surface area contributed by atoms with Gasteiger partial charge in [-0.25, -0.2) is 0 Å². The van der Waals surface area contributed by atoms with Crippen LogP contribution in [0.2, 0.25) is 0 Å². The zero-order valence-electron chi connectivity index (χ0n) is 9.30. The van der Waals surface area contributed by atoms with Crippen molar-refractivity contribution >= 4 is 0 Å². The van der Waals surface area contributed by atoms with Crippen molar-refractivity contribution in [3.8, 4) is 0 Å². The third-order valence-electron chi connectivity index (χ3n) is 2.73. The quantitative estimate of drug-likeness (QED) is 0.608. The summed E-state index contributed by atoms with van der Waals surface area (Å²) < 4.78 is 5.54. The number of nitrogens with one attached hydrogen (secondary N) is 1. The minimum absolute atomic E-state index is 0.324. The molecule has 0 aromatic rings. The number of hydrogen-bond acceptors (Lipinski definition) is 3. The van der Waals surface area contributed by atoms with Gasteiger partial charge in [-0.15, -0.1) is 0 Å². The van der Waals surface area contributed by atoms with Gasteiger partial charge in [-0.2, -0.15) is 0 Å². The monoisotopic (exact) mass is 200 g/mol. The number of ether oxygens (including phenoxy) is 1. The molecule has 1 heterocycles. The Bertz CT molecular complexity index is 135. The Labute approximate surface area is 87.4 Å². The fourth-order valence-electron chi connectivity index (χ4n) is 1.90. The molecule has 0 spiro atoms. The van der Waals surface area contributed by atoms with E-state index in [0.29, 0.717) is 12.1 Å². The number of rotatable bonds is 7. The van der Waals surface area contributed by atoms with Gasteiger partial charge in [0.25, 0.3) is 0 Å². The van der Waals surface area contributed by atoms with E-state index in [1.54, 1.807) is 0 Å². The summed E-state index contributed by atoms with van der Waals surface area (Å²) in [6.45, 7) is 5.12. The van der Waals surface area contributed by atoms with Crippen molar-refractivity contribution in [2.75, 3.05) is 19.7 Å². The Balaban J connectivity index is 1.88. The second-order valence-corrected chi connectivity index (χ2v) is 4.18. The molecule has 1 saturated heterocycles. The fourth-order valence-corrected chi connectivity index (χ4v) is 1.90. The summed E-state index contributed by atoms with van der Waals surface area (Å²) in [5, 5.41) is 3.39. The lowest BCUT2D eigenvalue weighted by atomic mass is 10.1. The minimum Gasteiger partial charge on any atom is -0.378 e. The molecule has 3 nitrogen and oxygen atoms in total. The normalized spacial score (nSPS) is 24.0. The average Bonchev–Trinajstić information content (AvgIpc) is 2.65. The first-order chi connectivity index (χ1) is 6.83. The Morgan fingerprint density at radius 2 is 2.43 bits per heavy atom. The summed E-state index contributed by atoms with van der Waals surface area (Å²) in [5.74, 6) is 0. The zero-order chi connectivity index (χ0) is 10.2. The Kier molecular flexibility index (Phi) is 6.15. The summed E-state index contributed by atoms with van der Waals surface area (Å²) >= 11 is 0. The molecule has 0 amide bonds. The van der Waals surface area contributed by atoms with Crippen molar-refractivity contribution in [1.29, 1.82) is 0 Å². The largest absolute Gasteiger partial charge is 0.378 e. The molecule has 1 aliphatic heterocycles. The SMILES string of the molecule is CCCC(N)CNCCC1CCCO1. The topological polar surface area (TPSA) is 47.3 Å². The number of hydrogen-bond donors (Lipinski definition) is 2. The van der Waals surface area contributed by atoms with E-state index in [1.165, 1.54) is 19.3 Å². The lowest BCUT2D eigenvalue weighted by Crippen LogP contribution is -2.34. The third kappa shape index (κ3) is 4.94. The van der Waals surface area contributed by atoms with E-state index in [9.17, 15) is 0 Å². The highest BCUT2D eigenvalue weighted by molar-refractivity contribution is 4.68. The molecule has 0 saturated carbocycles. The van der Waals surface area contributed by atoms with Crippen LogP contribution in [0.25, 0.3) is 0 Å². The average molecular weight is 200 g/mol. The van der Waals surface area contributed by atoms with Gasteiger partial charge in [0.1, 0.15) is 0 Å². The standard InChI is InChI=1S/C11H24N2O/c1-2-4-10(12)9-13-7-6-11-5-3-8-14-11/h10-11,13H,2-9,12H2,1H3. The van der Waals surface area contributed by atoms with Gasteiger partial charge in [-0.3, -0.25) is 0 Å². The molecule has 0 aliphatic carbocycles. The molecule has 0 radical (unpaired) electrons. The van der Waals surface area contributed by atoms with Crippen molar-refractivity contribution in [2.45, 2.75) is 51.2 Å². The summed E-state index contributed by atoms with van der Waals surface area (Å²) in [6, 6.07) is 0.324. The van der Waals surface area contributed by atoms with Crippen LogP contribution in [0.4, 0.5) is 0 Å². The van der Waals surface area contributed by atoms with Gasteiger partial charge < -0.3 is 15.8 Å². The maximum atomic E-state index is 5.88. The zero-order valence-corrected chi connectivity index (χ0v) is 9.30. The van der Waals surface area contributed by atoms with E-state index in [4.69, 9.17) is 10.5 Å². The van der Waals surface area contributed by atoms with Crippen LogP contribution in [-0.2, 0) is 4.74 Å². The van der Waals surface area contributed by atoms with Gasteiger partial charge in [0.15, 0.2) is 0 Å². The first-order valence-electron chi connectivity index (χ1n) is 5.90. The van der Waals surface area contributed by atoms with E-state index >= 15 is 0 Å². The molecule has 0 aromatic heterocycles. The highest BCUT2D eigenvalue weighted by Gasteiger charge is 2.14. The Hall–Kier alpha value is -0.120. The summed E-state index contributed by atoms with van der Waals surface area (Å²) in [5.41, 5.74) is 5.88. The fraction of sp³-hybridized carbons (Fsp3) is 1.00. The molecular weight excluding hydrogens is 176 g/mol. The van der Waals surface area contributed by atoms with Gasteiger partial charge in [-0.05, 0) is 32.2 Å². The van der Waals surface area contributed by atoms with E-state index in [-0.39, 0.29) is 0 Å². The molecule has 14 heavy (non-hydrogen) atoms. The molecule has 84 valence electrons. The van der Waals surface area contributed by atoms with Crippen LogP contribution < -0.4 is 11.1 Å². The van der Waals surface area contributed by atoms with Crippen molar-refractivity contribution in [1.82, 2.24) is 5.32 Å². The van der Waals surface area contributed by atoms with Crippen molar-refractivity contribution in [2.24, 2.45) is 5.73 Å². The second kappa shape index (κ2) is 7.21. The van der Waals surface area contributed by atoms with Gasteiger partial charge in [0.05, 0.1) is 6.10 Å². The van der Waals surface area contributed by atoms with E-state index in [1.807, 2.05) is 0 Å². The smallest absolute Gasteiger partial charge is 0.0588 e. The van der Waals surface area contributed by atoms with Crippen LogP contribution in [0, 0.1) is 0 Å². The van der Waals surface area contributed by atoms with E-state index in [0.717, 1.165) is 32.5 Å². The Morgan fingerprint density at radius 1 is 1.57 bits per heavy atom. The third-order valence-corrected chi connectivity index (χ3v) is 2.73. The molecule has 3 N–H and O–H groups in total. The summed E-state index contributed by atoms with van der Waals surface area (Å²) in [6.07, 6.45) is 6.41. The van der Waals surface area contributed by atoms with E-state index in [2.05, 4.69) is 12.2 Å². The van der Waals surface area contributed by atoms with Crippen LogP contribution in [0.3, 0.4) is 0 Å². The molecule has 0 aromatic carbocycles. The molecule has 0 bridgehead atoms. The van der Waals surface area contributed by atoms with Crippen LogP contribution >= 0.6 is 0 Å². The van der Waals surface area contributed by atoms with Crippen LogP contribution in [-0.4, -0.2) is 31.8 Å². The van der Waals surface area contributed by atoms with Crippen LogP contribution in [0.1, 0.15) is 39.0 Å². The molecule has 1 rings (SSSR count). The van der Waals surface area contributed by atoms with Crippen molar-refractivity contribution < 1.29 is 4.74 Å². The molecular formula is C11H24N2O. The molecule has 2 unspecified atom stereocenters. The Morgan fingerprint density at radius 3 is 3.07 bits per heavy atom. The lowest BCUT2D eigenvalue weighted by Gasteiger charge is -2.13. The first-order valence-corrected chi connectivity index (χ1v) is 5.90. The molecule has 2 atom stereocenters. The predicted octanol–water partition coefficient (Wildman–Crippen LogP) is 1.27. The lowest BCUT2D eigenvalue weighted by molar-refractivity contribution is 0.104. The highest BCUT2D eigenvalue weighted by atomic mass is 16.5. The molecule has 1 aliphatic rings. The van der Waals surface area contributed by atoms with Crippen LogP contribution in [0.5, 0.6) is 0 Å². The first kappa shape index (κ1) is 12.0. The van der Waals surface area contributed by atoms with Crippen molar-refractivity contribution in [3.05, 3.63) is 0 Å². The maximum absolute atomic E-state index is 5.88. The highest BCUT2D eigenvalue weighted by Crippen LogP contribution is 2.14. The predicted molar refractivity (Wildman–Crippen MR) is 59.3 cm³/mol. The second-order valence-electron chi connectivity index (χ2n) is 4.18. The van der Waals surface area contributed by atoms with Gasteiger partial charge in [0, 0.05) is 19.2 Å². The molecule has 3 heteroatoms. The van der Waals surface area contributed by atoms with Crippen LogP contribution in [0.15, 0.2) is 0 Å². The van der Waals surface area contributed by atoms with Gasteiger partial charge in [-0.1, -0.05) is 13.3 Å². The molecule has 1 fully saturated rings. The maximum Gasteiger partial charge on any atom is 0.0588 e. The van der Waals surface area contributed by atoms with Gasteiger partial charge >= 0.3 is 0 Å². The van der Waals surface area contributed by atoms with E-state index < -0.39 is 0 Å². The summed E-state index contributed by atoms with van der Waals surface area (Å²) in [4.78, 5) is 0. The summed E-state index contributed by atoms with van der Waals surface area (Å²) in [7, 11) is 0. The number of nitrogens with two attached hydrogens (primary N) is 1. The van der Waals surface area contributed by atoms with Crippen molar-refractivity contribution in [3.63, 3.8) is 0 Å².